The zero-order valence-corrected chi connectivity index (χ0v) is 12.9. The van der Waals surface area contributed by atoms with Crippen LogP contribution in [0, 0.1) is 11.8 Å². The van der Waals surface area contributed by atoms with Crippen LogP contribution in [-0.2, 0) is 4.79 Å². The summed E-state index contributed by atoms with van der Waals surface area (Å²) in [4.78, 5) is 26.4. The molecule has 1 saturated carbocycles. The van der Waals surface area contributed by atoms with Crippen LogP contribution in [0.4, 0.5) is 5.00 Å². The Bertz CT molecular complexity index is 553. The number of β-amino-alcohol motifs (C(OH)–C–C–N with tert-alkyl or cyclic N) is 1. The van der Waals surface area contributed by atoms with Gasteiger partial charge in [-0.2, -0.15) is 0 Å². The van der Waals surface area contributed by atoms with Gasteiger partial charge in [-0.1, -0.05) is 6.92 Å². The minimum absolute atomic E-state index is 0.0538. The third-order valence-electron chi connectivity index (χ3n) is 4.22. The molecule has 2 heterocycles. The second kappa shape index (κ2) is 5.77. The molecule has 114 valence electrons. The first kappa shape index (κ1) is 14.5. The largest absolute Gasteiger partial charge is 0.391 e. The maximum Gasteiger partial charge on any atom is 0.264 e. The lowest BCUT2D eigenvalue weighted by atomic mass is 9.96. The van der Waals surface area contributed by atoms with Crippen LogP contribution in [0.5, 0.6) is 0 Å². The average Bonchev–Trinajstić information content (AvgIpc) is 3.22. The summed E-state index contributed by atoms with van der Waals surface area (Å²) in [6.45, 7) is 3.07. The van der Waals surface area contributed by atoms with Gasteiger partial charge in [0.15, 0.2) is 0 Å². The van der Waals surface area contributed by atoms with Gasteiger partial charge in [0.05, 0.1) is 16.0 Å². The number of amides is 2. The fourth-order valence-electron chi connectivity index (χ4n) is 2.48. The van der Waals surface area contributed by atoms with Crippen LogP contribution >= 0.6 is 11.3 Å². The fraction of sp³-hybridized carbons (Fsp3) is 0.600. The molecule has 1 saturated heterocycles. The van der Waals surface area contributed by atoms with Crippen molar-refractivity contribution in [2.24, 2.45) is 11.8 Å². The van der Waals surface area contributed by atoms with Crippen molar-refractivity contribution in [1.29, 1.82) is 0 Å². The molecule has 0 radical (unpaired) electrons. The van der Waals surface area contributed by atoms with E-state index in [0.717, 1.165) is 24.3 Å². The molecule has 2 amide bonds. The molecule has 5 nitrogen and oxygen atoms in total. The Morgan fingerprint density at radius 1 is 1.33 bits per heavy atom. The van der Waals surface area contributed by atoms with Gasteiger partial charge in [0.1, 0.15) is 0 Å². The van der Waals surface area contributed by atoms with Crippen LogP contribution < -0.4 is 5.32 Å². The molecule has 2 unspecified atom stereocenters. The summed E-state index contributed by atoms with van der Waals surface area (Å²) < 4.78 is 0. The zero-order chi connectivity index (χ0) is 15.0. The molecule has 0 spiro atoms. The Morgan fingerprint density at radius 3 is 2.76 bits per heavy atom. The number of likely N-dealkylation sites (tertiary alicyclic amines) is 1. The lowest BCUT2D eigenvalue weighted by Crippen LogP contribution is -2.45. The Labute approximate surface area is 128 Å². The van der Waals surface area contributed by atoms with Crippen molar-refractivity contribution in [2.45, 2.75) is 32.3 Å². The summed E-state index contributed by atoms with van der Waals surface area (Å²) in [6, 6.07) is 3.53. The number of aliphatic hydroxyl groups is 1. The second-order valence-corrected chi connectivity index (χ2v) is 7.10. The predicted octanol–water partition coefficient (Wildman–Crippen LogP) is 1.94. The Balaban J connectivity index is 1.62. The van der Waals surface area contributed by atoms with Crippen molar-refractivity contribution >= 4 is 28.2 Å². The van der Waals surface area contributed by atoms with Gasteiger partial charge in [0, 0.05) is 19.0 Å². The maximum absolute atomic E-state index is 12.4. The Morgan fingerprint density at radius 2 is 2.10 bits per heavy atom. The molecule has 0 bridgehead atoms. The third-order valence-corrected chi connectivity index (χ3v) is 5.21. The van der Waals surface area contributed by atoms with Gasteiger partial charge in [-0.25, -0.2) is 0 Å². The number of nitrogens with zero attached hydrogens (tertiary/aromatic N) is 1. The van der Waals surface area contributed by atoms with Crippen LogP contribution in [0.1, 0.15) is 35.9 Å². The van der Waals surface area contributed by atoms with E-state index in [1.165, 1.54) is 11.3 Å². The van der Waals surface area contributed by atoms with Crippen molar-refractivity contribution in [3.63, 3.8) is 0 Å². The van der Waals surface area contributed by atoms with Gasteiger partial charge in [0.25, 0.3) is 5.91 Å². The summed E-state index contributed by atoms with van der Waals surface area (Å²) in [7, 11) is 0. The fourth-order valence-corrected chi connectivity index (χ4v) is 3.36. The zero-order valence-electron chi connectivity index (χ0n) is 12.0. The highest BCUT2D eigenvalue weighted by Gasteiger charge is 2.31. The number of thiophene rings is 1. The van der Waals surface area contributed by atoms with Gasteiger partial charge in [-0.05, 0) is 37.3 Å². The number of carbonyl (C=O) groups excluding carboxylic acids is 2. The van der Waals surface area contributed by atoms with Crippen LogP contribution in [0.2, 0.25) is 0 Å². The molecule has 1 aliphatic heterocycles. The van der Waals surface area contributed by atoms with Crippen LogP contribution in [0.15, 0.2) is 12.1 Å². The summed E-state index contributed by atoms with van der Waals surface area (Å²) in [5.41, 5.74) is 0. The summed E-state index contributed by atoms with van der Waals surface area (Å²) in [5.74, 6) is 0.395. The molecule has 1 aromatic heterocycles. The molecule has 2 aliphatic rings. The molecule has 1 aliphatic carbocycles. The highest BCUT2D eigenvalue weighted by Crippen LogP contribution is 2.32. The molecular weight excluding hydrogens is 288 g/mol. The van der Waals surface area contributed by atoms with E-state index in [0.29, 0.717) is 18.0 Å². The summed E-state index contributed by atoms with van der Waals surface area (Å²) in [6.07, 6.45) is 2.31. The quantitative estimate of drug-likeness (QED) is 0.896. The van der Waals surface area contributed by atoms with E-state index in [4.69, 9.17) is 0 Å². The normalized spacial score (nSPS) is 25.7. The summed E-state index contributed by atoms with van der Waals surface area (Å²) in [5, 5.41) is 13.5. The van der Waals surface area contributed by atoms with Gasteiger partial charge in [-0.3, -0.25) is 9.59 Å². The number of piperidine rings is 1. The third kappa shape index (κ3) is 3.27. The second-order valence-electron chi connectivity index (χ2n) is 6.01. The lowest BCUT2D eigenvalue weighted by molar-refractivity contribution is -0.117. The number of hydrogen-bond acceptors (Lipinski definition) is 4. The van der Waals surface area contributed by atoms with Crippen LogP contribution in [0.25, 0.3) is 0 Å². The molecule has 6 heteroatoms. The smallest absolute Gasteiger partial charge is 0.264 e. The molecule has 21 heavy (non-hydrogen) atoms. The average molecular weight is 308 g/mol. The topological polar surface area (TPSA) is 69.6 Å². The maximum atomic E-state index is 12.4. The first-order valence-corrected chi connectivity index (χ1v) is 8.24. The lowest BCUT2D eigenvalue weighted by Gasteiger charge is -2.34. The molecular formula is C15H20N2O3S. The van der Waals surface area contributed by atoms with Crippen molar-refractivity contribution in [3.05, 3.63) is 17.0 Å². The predicted molar refractivity (Wildman–Crippen MR) is 81.4 cm³/mol. The molecule has 1 aromatic rings. The van der Waals surface area contributed by atoms with Crippen molar-refractivity contribution < 1.29 is 14.7 Å². The van der Waals surface area contributed by atoms with Crippen molar-refractivity contribution in [3.8, 4) is 0 Å². The SMILES string of the molecule is CC1CCN(C(=O)c2ccc(NC(=O)C3CC3)s2)CC1O. The van der Waals surface area contributed by atoms with E-state index < -0.39 is 6.10 Å². The van der Waals surface area contributed by atoms with E-state index in [1.54, 1.807) is 17.0 Å². The Hall–Kier alpha value is -1.40. The van der Waals surface area contributed by atoms with E-state index in [1.807, 2.05) is 6.92 Å². The Kier molecular flexibility index (Phi) is 3.99. The van der Waals surface area contributed by atoms with Gasteiger partial charge < -0.3 is 15.3 Å². The first-order chi connectivity index (χ1) is 10.0. The van der Waals surface area contributed by atoms with E-state index in [2.05, 4.69) is 5.32 Å². The van der Waals surface area contributed by atoms with E-state index in [-0.39, 0.29) is 23.7 Å². The number of anilines is 1. The number of rotatable bonds is 3. The van der Waals surface area contributed by atoms with E-state index >= 15 is 0 Å². The highest BCUT2D eigenvalue weighted by atomic mass is 32.1. The monoisotopic (exact) mass is 308 g/mol. The number of hydrogen-bond donors (Lipinski definition) is 2. The van der Waals surface area contributed by atoms with Gasteiger partial charge in [0.2, 0.25) is 5.91 Å². The van der Waals surface area contributed by atoms with Crippen molar-refractivity contribution in [2.75, 3.05) is 18.4 Å². The number of carbonyl (C=O) groups is 2. The molecule has 2 atom stereocenters. The standard InChI is InChI=1S/C15H20N2O3S/c1-9-6-7-17(8-11(9)18)15(20)12-4-5-13(21-12)16-14(19)10-2-3-10/h4-5,9-11,18H,2-3,6-8H2,1H3,(H,16,19). The van der Waals surface area contributed by atoms with Crippen LogP contribution in [0.3, 0.4) is 0 Å². The minimum Gasteiger partial charge on any atom is -0.391 e. The summed E-state index contributed by atoms with van der Waals surface area (Å²) >= 11 is 1.31. The van der Waals surface area contributed by atoms with Crippen LogP contribution in [-0.4, -0.2) is 41.0 Å². The molecule has 3 rings (SSSR count). The van der Waals surface area contributed by atoms with Gasteiger partial charge in [-0.15, -0.1) is 11.3 Å². The molecule has 0 aromatic carbocycles. The number of nitrogens with one attached hydrogen (secondary N) is 1. The van der Waals surface area contributed by atoms with E-state index in [9.17, 15) is 14.7 Å². The number of aliphatic hydroxyl groups excluding tert-OH is 1. The molecule has 2 fully saturated rings. The first-order valence-electron chi connectivity index (χ1n) is 7.42. The molecule has 2 N–H and O–H groups in total. The minimum atomic E-state index is -0.447. The highest BCUT2D eigenvalue weighted by molar-refractivity contribution is 7.18. The van der Waals surface area contributed by atoms with Crippen molar-refractivity contribution in [1.82, 2.24) is 4.90 Å². The van der Waals surface area contributed by atoms with Gasteiger partial charge >= 0.3 is 0 Å².